The Bertz CT molecular complexity index is 1900. The summed E-state index contributed by atoms with van der Waals surface area (Å²) in [4.78, 5) is 18.4. The molecule has 0 aliphatic heterocycles. The highest BCUT2D eigenvalue weighted by molar-refractivity contribution is 7.92. The van der Waals surface area contributed by atoms with Gasteiger partial charge in [-0.2, -0.15) is 10.4 Å². The van der Waals surface area contributed by atoms with Crippen LogP contribution < -0.4 is 10.0 Å². The standard InChI is InChI=1S/C30H26N6O3S/c1-19-29(20(2)36(34-19)18-22-13-11-21(17-31)12-14-22)33-30(37)26-16-28(32-27-10-5-4-9-25(26)27)23-7-6-8-24(15-23)35-40(3,38)39/h4-16,35H,18H2,1-3H3,(H,33,37). The van der Waals surface area contributed by atoms with Crippen LogP contribution in [0.3, 0.4) is 0 Å². The number of carbonyl (C=O) groups is 1. The van der Waals surface area contributed by atoms with Crippen LogP contribution >= 0.6 is 0 Å². The maximum atomic E-state index is 13.7. The van der Waals surface area contributed by atoms with Gasteiger partial charge in [-0.3, -0.25) is 14.2 Å². The molecule has 9 nitrogen and oxygen atoms in total. The van der Waals surface area contributed by atoms with Crippen molar-refractivity contribution in [1.82, 2.24) is 14.8 Å². The molecule has 2 aromatic heterocycles. The number of para-hydroxylation sites is 1. The Kier molecular flexibility index (Phi) is 7.07. The summed E-state index contributed by atoms with van der Waals surface area (Å²) in [6.45, 7) is 4.23. The maximum absolute atomic E-state index is 13.7. The van der Waals surface area contributed by atoms with Gasteiger partial charge >= 0.3 is 0 Å². The van der Waals surface area contributed by atoms with Gasteiger partial charge in [0, 0.05) is 16.6 Å². The normalized spacial score (nSPS) is 11.2. The van der Waals surface area contributed by atoms with Crippen molar-refractivity contribution in [2.24, 2.45) is 0 Å². The Hall–Kier alpha value is -5.01. The molecule has 40 heavy (non-hydrogen) atoms. The minimum absolute atomic E-state index is 0.311. The summed E-state index contributed by atoms with van der Waals surface area (Å²) >= 11 is 0. The molecule has 0 fully saturated rings. The zero-order valence-corrected chi connectivity index (χ0v) is 23.0. The highest BCUT2D eigenvalue weighted by Crippen LogP contribution is 2.28. The number of nitriles is 1. The predicted octanol–water partition coefficient (Wildman–Crippen LogP) is 5.26. The number of amides is 1. The third-order valence-electron chi connectivity index (χ3n) is 6.46. The Labute approximate surface area is 232 Å². The Balaban J connectivity index is 1.48. The molecule has 1 amide bonds. The molecule has 0 spiro atoms. The van der Waals surface area contributed by atoms with Crippen LogP contribution in [-0.2, 0) is 16.6 Å². The molecular weight excluding hydrogens is 524 g/mol. The predicted molar refractivity (Wildman–Crippen MR) is 156 cm³/mol. The number of pyridine rings is 1. The molecule has 0 radical (unpaired) electrons. The molecule has 0 saturated heterocycles. The molecule has 3 aromatic carbocycles. The van der Waals surface area contributed by atoms with Gasteiger partial charge in [0.1, 0.15) is 0 Å². The van der Waals surface area contributed by atoms with E-state index in [0.717, 1.165) is 17.5 Å². The van der Waals surface area contributed by atoms with E-state index < -0.39 is 10.0 Å². The Morgan fingerprint density at radius 3 is 2.48 bits per heavy atom. The molecule has 0 saturated carbocycles. The summed E-state index contributed by atoms with van der Waals surface area (Å²) in [5, 5.41) is 17.4. The number of anilines is 2. The van der Waals surface area contributed by atoms with Crippen molar-refractivity contribution in [2.45, 2.75) is 20.4 Å². The lowest BCUT2D eigenvalue weighted by atomic mass is 10.0. The van der Waals surface area contributed by atoms with Crippen molar-refractivity contribution in [1.29, 1.82) is 5.26 Å². The van der Waals surface area contributed by atoms with Crippen LogP contribution in [-0.4, -0.2) is 35.3 Å². The largest absolute Gasteiger partial charge is 0.319 e. The van der Waals surface area contributed by atoms with Crippen molar-refractivity contribution < 1.29 is 13.2 Å². The summed E-state index contributed by atoms with van der Waals surface area (Å²) in [6, 6.07) is 25.4. The van der Waals surface area contributed by atoms with E-state index in [9.17, 15) is 13.2 Å². The number of aryl methyl sites for hydroxylation is 1. The molecule has 0 unspecified atom stereocenters. The van der Waals surface area contributed by atoms with Crippen LogP contribution in [0.2, 0.25) is 0 Å². The molecule has 2 heterocycles. The summed E-state index contributed by atoms with van der Waals surface area (Å²) in [5.74, 6) is -0.311. The number of hydrogen-bond acceptors (Lipinski definition) is 6. The highest BCUT2D eigenvalue weighted by Gasteiger charge is 2.19. The van der Waals surface area contributed by atoms with E-state index in [0.29, 0.717) is 56.9 Å². The summed E-state index contributed by atoms with van der Waals surface area (Å²) < 4.78 is 27.8. The third kappa shape index (κ3) is 5.70. The molecule has 2 N–H and O–H groups in total. The van der Waals surface area contributed by atoms with Crippen molar-refractivity contribution in [3.8, 4) is 17.3 Å². The SMILES string of the molecule is Cc1nn(Cc2ccc(C#N)cc2)c(C)c1NC(=O)c1cc(-c2cccc(NS(C)(=O)=O)c2)nc2ccccc12. The Morgan fingerprint density at radius 2 is 1.75 bits per heavy atom. The van der Waals surface area contributed by atoms with Crippen LogP contribution in [0.1, 0.15) is 32.9 Å². The van der Waals surface area contributed by atoms with Gasteiger partial charge in [0.2, 0.25) is 10.0 Å². The van der Waals surface area contributed by atoms with Crippen molar-refractivity contribution in [3.63, 3.8) is 0 Å². The summed E-state index contributed by atoms with van der Waals surface area (Å²) in [7, 11) is -3.45. The van der Waals surface area contributed by atoms with Gasteiger partial charge in [-0.05, 0) is 55.8 Å². The maximum Gasteiger partial charge on any atom is 0.256 e. The fourth-order valence-electron chi connectivity index (χ4n) is 4.54. The van der Waals surface area contributed by atoms with Crippen molar-refractivity contribution in [2.75, 3.05) is 16.3 Å². The second kappa shape index (κ2) is 10.6. The molecular formula is C30H26N6O3S. The summed E-state index contributed by atoms with van der Waals surface area (Å²) in [6.07, 6.45) is 1.09. The molecule has 5 aromatic rings. The number of aromatic nitrogens is 3. The van der Waals surface area contributed by atoms with Crippen LogP contribution in [0.4, 0.5) is 11.4 Å². The zero-order valence-electron chi connectivity index (χ0n) is 22.1. The van der Waals surface area contributed by atoms with E-state index in [1.807, 2.05) is 61.0 Å². The van der Waals surface area contributed by atoms with Crippen LogP contribution in [0.15, 0.2) is 78.9 Å². The van der Waals surface area contributed by atoms with E-state index in [4.69, 9.17) is 10.2 Å². The van der Waals surface area contributed by atoms with Gasteiger partial charge in [-0.15, -0.1) is 0 Å². The third-order valence-corrected chi connectivity index (χ3v) is 7.06. The lowest BCUT2D eigenvalue weighted by molar-refractivity contribution is 0.102. The van der Waals surface area contributed by atoms with Crippen LogP contribution in [0, 0.1) is 25.2 Å². The molecule has 0 aliphatic rings. The average molecular weight is 551 g/mol. The number of hydrogen-bond donors (Lipinski definition) is 2. The van der Waals surface area contributed by atoms with Crippen molar-refractivity contribution >= 4 is 38.2 Å². The number of carbonyl (C=O) groups excluding carboxylic acids is 1. The van der Waals surface area contributed by atoms with Crippen LogP contribution in [0.25, 0.3) is 22.2 Å². The summed E-state index contributed by atoms with van der Waals surface area (Å²) in [5.41, 5.74) is 6.35. The zero-order chi connectivity index (χ0) is 28.4. The number of fused-ring (bicyclic) bond motifs is 1. The van der Waals surface area contributed by atoms with E-state index >= 15 is 0 Å². The highest BCUT2D eigenvalue weighted by atomic mass is 32.2. The second-order valence-electron chi connectivity index (χ2n) is 9.49. The number of rotatable bonds is 7. The number of nitrogens with one attached hydrogen (secondary N) is 2. The fraction of sp³-hybridized carbons (Fsp3) is 0.133. The van der Waals surface area contributed by atoms with Gasteiger partial charge < -0.3 is 5.32 Å². The minimum Gasteiger partial charge on any atom is -0.319 e. The van der Waals surface area contributed by atoms with Gasteiger partial charge in [-0.25, -0.2) is 13.4 Å². The van der Waals surface area contributed by atoms with Crippen molar-refractivity contribution in [3.05, 3.63) is 107 Å². The first-order chi connectivity index (χ1) is 19.1. The topological polar surface area (TPSA) is 130 Å². The quantitative estimate of drug-likeness (QED) is 0.284. The van der Waals surface area contributed by atoms with E-state index in [2.05, 4.69) is 21.2 Å². The molecule has 10 heteroatoms. The minimum atomic E-state index is -3.45. The monoisotopic (exact) mass is 550 g/mol. The molecule has 5 rings (SSSR count). The lowest BCUT2D eigenvalue weighted by Gasteiger charge is -2.12. The number of nitrogens with zero attached hydrogens (tertiary/aromatic N) is 4. The number of sulfonamides is 1. The van der Waals surface area contributed by atoms with Gasteiger partial charge in [0.25, 0.3) is 5.91 Å². The van der Waals surface area contributed by atoms with E-state index in [-0.39, 0.29) is 5.91 Å². The van der Waals surface area contributed by atoms with Gasteiger partial charge in [0.05, 0.1) is 58.3 Å². The first-order valence-electron chi connectivity index (χ1n) is 12.4. The first kappa shape index (κ1) is 26.6. The fourth-order valence-corrected chi connectivity index (χ4v) is 5.09. The smallest absolute Gasteiger partial charge is 0.256 e. The first-order valence-corrected chi connectivity index (χ1v) is 14.3. The molecule has 0 atom stereocenters. The lowest BCUT2D eigenvalue weighted by Crippen LogP contribution is -2.14. The van der Waals surface area contributed by atoms with Crippen LogP contribution in [0.5, 0.6) is 0 Å². The second-order valence-corrected chi connectivity index (χ2v) is 11.2. The molecule has 0 bridgehead atoms. The number of benzene rings is 3. The van der Waals surface area contributed by atoms with E-state index in [1.54, 1.807) is 36.4 Å². The Morgan fingerprint density at radius 1 is 1.00 bits per heavy atom. The molecule has 0 aliphatic carbocycles. The average Bonchev–Trinajstić information content (AvgIpc) is 3.19. The van der Waals surface area contributed by atoms with Gasteiger partial charge in [-0.1, -0.05) is 42.5 Å². The van der Waals surface area contributed by atoms with Gasteiger partial charge in [0.15, 0.2) is 0 Å². The molecule has 200 valence electrons. The van der Waals surface area contributed by atoms with E-state index in [1.165, 1.54) is 0 Å².